The summed E-state index contributed by atoms with van der Waals surface area (Å²) in [6, 6.07) is 7.97. The highest BCUT2D eigenvalue weighted by Gasteiger charge is 2.13. The van der Waals surface area contributed by atoms with Crippen molar-refractivity contribution in [2.45, 2.75) is 40.2 Å². The van der Waals surface area contributed by atoms with Crippen molar-refractivity contribution in [2.75, 3.05) is 0 Å². The third-order valence-electron chi connectivity index (χ3n) is 4.17. The number of nitrogens with one attached hydrogen (secondary N) is 1. The van der Waals surface area contributed by atoms with Crippen molar-refractivity contribution in [3.63, 3.8) is 0 Å². The fourth-order valence-corrected chi connectivity index (χ4v) is 3.17. The van der Waals surface area contributed by atoms with Crippen LogP contribution in [0.4, 0.5) is 0 Å². The first-order valence-electron chi connectivity index (χ1n) is 8.53. The van der Waals surface area contributed by atoms with E-state index in [0.29, 0.717) is 15.7 Å². The van der Waals surface area contributed by atoms with Crippen LogP contribution in [0.15, 0.2) is 29.4 Å². The van der Waals surface area contributed by atoms with Gasteiger partial charge >= 0.3 is 0 Å². The Bertz CT molecular complexity index is 998. The van der Waals surface area contributed by atoms with Crippen LogP contribution >= 0.6 is 23.8 Å². The molecule has 0 aliphatic carbocycles. The predicted octanol–water partition coefficient (Wildman–Crippen LogP) is 4.76. The molecule has 6 nitrogen and oxygen atoms in total. The molecule has 2 heterocycles. The summed E-state index contributed by atoms with van der Waals surface area (Å²) in [6.07, 6.45) is 3.81. The van der Waals surface area contributed by atoms with Gasteiger partial charge in [0.05, 0.1) is 17.5 Å². The Morgan fingerprint density at radius 3 is 2.81 bits per heavy atom. The zero-order chi connectivity index (χ0) is 18.7. The van der Waals surface area contributed by atoms with E-state index < -0.39 is 0 Å². The van der Waals surface area contributed by atoms with Crippen LogP contribution in [0.25, 0.3) is 11.4 Å². The topological polar surface area (TPSA) is 63.8 Å². The van der Waals surface area contributed by atoms with Gasteiger partial charge in [0.15, 0.2) is 5.82 Å². The SMILES string of the molecule is CCCCn1nc(C)c(/C=N/n2c(-c3ccccc3C)n[nH]c2=S)c1Cl. The molecular weight excluding hydrogens is 368 g/mol. The van der Waals surface area contributed by atoms with Crippen molar-refractivity contribution < 1.29 is 0 Å². The van der Waals surface area contributed by atoms with Gasteiger partial charge in [0.2, 0.25) is 4.77 Å². The maximum absolute atomic E-state index is 6.48. The highest BCUT2D eigenvalue weighted by Crippen LogP contribution is 2.22. The summed E-state index contributed by atoms with van der Waals surface area (Å²) >= 11 is 11.8. The summed E-state index contributed by atoms with van der Waals surface area (Å²) in [6.45, 7) is 6.89. The average Bonchev–Trinajstić information content (AvgIpc) is 3.11. The molecule has 0 unspecified atom stereocenters. The van der Waals surface area contributed by atoms with Crippen molar-refractivity contribution >= 4 is 30.0 Å². The molecule has 26 heavy (non-hydrogen) atoms. The molecule has 2 aromatic heterocycles. The standard InChI is InChI=1S/C18H21ClN6S/c1-4-5-10-24-16(19)15(13(3)23-24)11-20-25-17(21-22-18(25)26)14-9-7-6-8-12(14)2/h6-9,11H,4-5,10H2,1-3H3,(H,22,26)/b20-11+. The number of hydrogen-bond acceptors (Lipinski definition) is 4. The van der Waals surface area contributed by atoms with Gasteiger partial charge in [-0.2, -0.15) is 20.0 Å². The maximum atomic E-state index is 6.48. The first-order chi connectivity index (χ1) is 12.5. The molecule has 0 radical (unpaired) electrons. The smallest absolute Gasteiger partial charge is 0.216 e. The largest absolute Gasteiger partial charge is 0.253 e. The third-order valence-corrected chi connectivity index (χ3v) is 4.83. The Labute approximate surface area is 162 Å². The number of benzene rings is 1. The zero-order valence-electron chi connectivity index (χ0n) is 15.0. The molecule has 0 saturated carbocycles. The number of hydrogen-bond donors (Lipinski definition) is 1. The number of unbranched alkanes of at least 4 members (excludes halogenated alkanes) is 1. The quantitative estimate of drug-likeness (QED) is 0.489. The number of halogens is 1. The summed E-state index contributed by atoms with van der Waals surface area (Å²) in [5.74, 6) is 0.663. The minimum Gasteiger partial charge on any atom is -0.253 e. The first-order valence-corrected chi connectivity index (χ1v) is 9.32. The molecule has 136 valence electrons. The van der Waals surface area contributed by atoms with Crippen LogP contribution in [0.3, 0.4) is 0 Å². The molecular formula is C18H21ClN6S. The van der Waals surface area contributed by atoms with E-state index in [2.05, 4.69) is 27.3 Å². The van der Waals surface area contributed by atoms with E-state index in [1.54, 1.807) is 10.9 Å². The minimum absolute atomic E-state index is 0.423. The van der Waals surface area contributed by atoms with Gasteiger partial charge in [-0.15, -0.1) is 0 Å². The summed E-state index contributed by atoms with van der Waals surface area (Å²) in [5.41, 5.74) is 3.70. The number of aryl methyl sites for hydroxylation is 3. The van der Waals surface area contributed by atoms with Crippen LogP contribution in [0.5, 0.6) is 0 Å². The molecule has 0 bridgehead atoms. The van der Waals surface area contributed by atoms with Gasteiger partial charge in [0.1, 0.15) is 5.15 Å². The second-order valence-corrected chi connectivity index (χ2v) is 6.83. The predicted molar refractivity (Wildman–Crippen MR) is 107 cm³/mol. The highest BCUT2D eigenvalue weighted by molar-refractivity contribution is 7.71. The fraction of sp³-hybridized carbons (Fsp3) is 0.333. The lowest BCUT2D eigenvalue weighted by Crippen LogP contribution is -2.00. The summed E-state index contributed by atoms with van der Waals surface area (Å²) < 4.78 is 3.85. The molecule has 8 heteroatoms. The number of H-pyrrole nitrogens is 1. The van der Waals surface area contributed by atoms with Gasteiger partial charge in [-0.3, -0.25) is 4.68 Å². The van der Waals surface area contributed by atoms with Crippen molar-refractivity contribution in [1.82, 2.24) is 24.7 Å². The van der Waals surface area contributed by atoms with Crippen LogP contribution in [-0.4, -0.2) is 30.9 Å². The number of aromatic nitrogens is 5. The van der Waals surface area contributed by atoms with Crippen molar-refractivity contribution in [3.05, 3.63) is 51.0 Å². The van der Waals surface area contributed by atoms with E-state index in [9.17, 15) is 0 Å². The van der Waals surface area contributed by atoms with Gasteiger partial charge < -0.3 is 0 Å². The monoisotopic (exact) mass is 388 g/mol. The maximum Gasteiger partial charge on any atom is 0.216 e. The average molecular weight is 389 g/mol. The van der Waals surface area contributed by atoms with Crippen molar-refractivity contribution in [2.24, 2.45) is 5.10 Å². The molecule has 0 aliphatic heterocycles. The summed E-state index contributed by atoms with van der Waals surface area (Å²) in [7, 11) is 0. The molecule has 0 fully saturated rings. The van der Waals surface area contributed by atoms with Crippen LogP contribution in [0.2, 0.25) is 5.15 Å². The van der Waals surface area contributed by atoms with E-state index in [-0.39, 0.29) is 0 Å². The second kappa shape index (κ2) is 7.97. The zero-order valence-corrected chi connectivity index (χ0v) is 16.6. The van der Waals surface area contributed by atoms with Crippen LogP contribution in [0, 0.1) is 18.6 Å². The minimum atomic E-state index is 0.423. The van der Waals surface area contributed by atoms with Gasteiger partial charge in [-0.25, -0.2) is 5.10 Å². The van der Waals surface area contributed by atoms with Gasteiger partial charge in [0.25, 0.3) is 0 Å². The Hall–Kier alpha value is -2.25. The van der Waals surface area contributed by atoms with Crippen LogP contribution in [0.1, 0.15) is 36.6 Å². The summed E-state index contributed by atoms with van der Waals surface area (Å²) in [5, 5.41) is 16.8. The van der Waals surface area contributed by atoms with Gasteiger partial charge in [-0.1, -0.05) is 49.2 Å². The lowest BCUT2D eigenvalue weighted by atomic mass is 10.1. The normalized spacial score (nSPS) is 11.5. The first kappa shape index (κ1) is 18.5. The van der Waals surface area contributed by atoms with Crippen LogP contribution in [-0.2, 0) is 6.54 Å². The van der Waals surface area contributed by atoms with Crippen molar-refractivity contribution in [3.8, 4) is 11.4 Å². The lowest BCUT2D eigenvalue weighted by molar-refractivity contribution is 0.569. The Balaban J connectivity index is 1.98. The number of aromatic amines is 1. The molecule has 0 saturated heterocycles. The molecule has 3 aromatic rings. The third kappa shape index (κ3) is 3.64. The molecule has 1 aromatic carbocycles. The summed E-state index contributed by atoms with van der Waals surface area (Å²) in [4.78, 5) is 0. The van der Waals surface area contributed by atoms with E-state index in [1.807, 2.05) is 42.8 Å². The Kier molecular flexibility index (Phi) is 5.68. The van der Waals surface area contributed by atoms with E-state index in [0.717, 1.165) is 41.8 Å². The van der Waals surface area contributed by atoms with E-state index >= 15 is 0 Å². The van der Waals surface area contributed by atoms with E-state index in [4.69, 9.17) is 23.8 Å². The van der Waals surface area contributed by atoms with Crippen molar-refractivity contribution in [1.29, 1.82) is 0 Å². The highest BCUT2D eigenvalue weighted by atomic mass is 35.5. The fourth-order valence-electron chi connectivity index (χ4n) is 2.68. The van der Waals surface area contributed by atoms with Gasteiger partial charge in [-0.05, 0) is 38.0 Å². The number of nitrogens with zero attached hydrogens (tertiary/aromatic N) is 5. The molecule has 0 spiro atoms. The second-order valence-electron chi connectivity index (χ2n) is 6.09. The lowest BCUT2D eigenvalue weighted by Gasteiger charge is -2.04. The molecule has 1 N–H and O–H groups in total. The van der Waals surface area contributed by atoms with Gasteiger partial charge in [0, 0.05) is 12.1 Å². The molecule has 3 rings (SSSR count). The Morgan fingerprint density at radius 1 is 1.31 bits per heavy atom. The number of rotatable bonds is 6. The van der Waals surface area contributed by atoms with E-state index in [1.165, 1.54) is 0 Å². The molecule has 0 aliphatic rings. The van der Waals surface area contributed by atoms with Crippen LogP contribution < -0.4 is 0 Å². The molecule has 0 amide bonds. The Morgan fingerprint density at radius 2 is 2.08 bits per heavy atom. The molecule has 0 atom stereocenters.